The molecule has 0 amide bonds. The van der Waals surface area contributed by atoms with Crippen molar-refractivity contribution in [2.45, 2.75) is 12.8 Å². The summed E-state index contributed by atoms with van der Waals surface area (Å²) in [5.41, 5.74) is 0. The van der Waals surface area contributed by atoms with Crippen molar-refractivity contribution in [3.8, 4) is 6.07 Å². The molecular weight excluding hydrogens is 160 g/mol. The molecule has 0 spiro atoms. The molecule has 0 radical (unpaired) electrons. The molecule has 1 saturated heterocycles. The van der Waals surface area contributed by atoms with Crippen LogP contribution in [0.2, 0.25) is 0 Å². The van der Waals surface area contributed by atoms with Gasteiger partial charge in [0.05, 0.1) is 11.1 Å². The molecule has 66 valence electrons. The molecular formula is C6H10N4O2. The van der Waals surface area contributed by atoms with Crippen LogP contribution in [0.1, 0.15) is 12.8 Å². The van der Waals surface area contributed by atoms with E-state index in [0.29, 0.717) is 0 Å². The first-order valence-electron chi connectivity index (χ1n) is 3.76. The minimum atomic E-state index is -0.263. The molecule has 1 heterocycles. The van der Waals surface area contributed by atoms with Crippen LogP contribution < -0.4 is 0 Å². The van der Waals surface area contributed by atoms with E-state index < -0.39 is 0 Å². The van der Waals surface area contributed by atoms with Gasteiger partial charge in [-0.25, -0.2) is 0 Å². The van der Waals surface area contributed by atoms with Crippen LogP contribution >= 0.6 is 0 Å². The Morgan fingerprint density at radius 2 is 2.25 bits per heavy atom. The molecule has 6 nitrogen and oxygen atoms in total. The van der Waals surface area contributed by atoms with E-state index in [1.165, 1.54) is 0 Å². The summed E-state index contributed by atoms with van der Waals surface area (Å²) in [5.74, 6) is 0. The van der Waals surface area contributed by atoms with Gasteiger partial charge in [0.1, 0.15) is 24.9 Å². The molecule has 0 bridgehead atoms. The molecule has 0 aliphatic carbocycles. The van der Waals surface area contributed by atoms with E-state index in [4.69, 9.17) is 5.26 Å². The lowest BCUT2D eigenvalue weighted by Crippen LogP contribution is -2.16. The SMILES string of the molecule is N#CCO/[N+]([O-])=N/N1CCCC1. The zero-order valence-electron chi connectivity index (χ0n) is 6.64. The molecule has 0 unspecified atom stereocenters. The lowest BCUT2D eigenvalue weighted by molar-refractivity contribution is -0.795. The molecule has 1 aliphatic rings. The average Bonchev–Trinajstić information content (AvgIpc) is 2.53. The summed E-state index contributed by atoms with van der Waals surface area (Å²) in [4.78, 5) is 4.36. The van der Waals surface area contributed by atoms with Gasteiger partial charge in [-0.05, 0) is 12.8 Å². The maximum absolute atomic E-state index is 10.7. The monoisotopic (exact) mass is 170 g/mol. The Balaban J connectivity index is 2.29. The first kappa shape index (κ1) is 8.59. The minimum Gasteiger partial charge on any atom is -0.442 e. The third-order valence-corrected chi connectivity index (χ3v) is 1.52. The first-order valence-corrected chi connectivity index (χ1v) is 3.76. The summed E-state index contributed by atoms with van der Waals surface area (Å²) >= 11 is 0. The molecule has 1 aliphatic heterocycles. The molecule has 6 heteroatoms. The number of hydrogen-bond donors (Lipinski definition) is 0. The summed E-state index contributed by atoms with van der Waals surface area (Å²) in [6.07, 6.45) is 2.10. The maximum Gasteiger partial charge on any atom is 0.130 e. The standard InChI is InChI=1S/C6H10N4O2/c7-3-6-12-10(11)8-9-4-1-2-5-9/h1-2,4-6H2/b10-8+. The lowest BCUT2D eigenvalue weighted by Gasteiger charge is -2.05. The quantitative estimate of drug-likeness (QED) is 0.454. The van der Waals surface area contributed by atoms with Crippen LogP contribution in [-0.2, 0) is 4.84 Å². The van der Waals surface area contributed by atoms with Crippen LogP contribution in [0.5, 0.6) is 0 Å². The van der Waals surface area contributed by atoms with Crippen molar-refractivity contribution in [1.82, 2.24) is 5.01 Å². The Kier molecular flexibility index (Phi) is 3.14. The van der Waals surface area contributed by atoms with Gasteiger partial charge < -0.3 is 10.0 Å². The van der Waals surface area contributed by atoms with Gasteiger partial charge in [-0.2, -0.15) is 10.3 Å². The van der Waals surface area contributed by atoms with Crippen molar-refractivity contribution >= 4 is 0 Å². The van der Waals surface area contributed by atoms with Crippen molar-refractivity contribution in [1.29, 1.82) is 5.26 Å². The summed E-state index contributed by atoms with van der Waals surface area (Å²) < 4.78 is 0. The molecule has 0 aromatic rings. The van der Waals surface area contributed by atoms with Crippen LogP contribution in [0.15, 0.2) is 5.22 Å². The Bertz CT molecular complexity index is 204. The smallest absolute Gasteiger partial charge is 0.130 e. The van der Waals surface area contributed by atoms with Crippen molar-refractivity contribution in [2.75, 3.05) is 19.7 Å². The van der Waals surface area contributed by atoms with Crippen LogP contribution in [0, 0.1) is 16.5 Å². The largest absolute Gasteiger partial charge is 0.442 e. The summed E-state index contributed by atoms with van der Waals surface area (Å²) in [6.45, 7) is 1.31. The van der Waals surface area contributed by atoms with Gasteiger partial charge in [0.2, 0.25) is 0 Å². The van der Waals surface area contributed by atoms with Crippen LogP contribution in [0.25, 0.3) is 0 Å². The predicted octanol–water partition coefficient (Wildman–Crippen LogP) is 0.415. The fourth-order valence-corrected chi connectivity index (χ4v) is 1.00. The molecule has 0 aromatic carbocycles. The second-order valence-corrected chi connectivity index (χ2v) is 2.42. The second kappa shape index (κ2) is 4.38. The first-order chi connectivity index (χ1) is 5.83. The van der Waals surface area contributed by atoms with E-state index in [9.17, 15) is 5.21 Å². The van der Waals surface area contributed by atoms with E-state index in [1.807, 2.05) is 0 Å². The van der Waals surface area contributed by atoms with Gasteiger partial charge in [-0.3, -0.25) is 0 Å². The highest BCUT2D eigenvalue weighted by Crippen LogP contribution is 2.07. The Morgan fingerprint density at radius 1 is 1.58 bits per heavy atom. The minimum absolute atomic E-state index is 0.0918. The second-order valence-electron chi connectivity index (χ2n) is 2.42. The maximum atomic E-state index is 10.7. The summed E-state index contributed by atoms with van der Waals surface area (Å²) in [5, 5.41) is 24.0. The molecule has 12 heavy (non-hydrogen) atoms. The zero-order chi connectivity index (χ0) is 8.81. The van der Waals surface area contributed by atoms with E-state index >= 15 is 0 Å². The van der Waals surface area contributed by atoms with E-state index in [0.717, 1.165) is 25.9 Å². The predicted molar refractivity (Wildman–Crippen MR) is 38.4 cm³/mol. The highest BCUT2D eigenvalue weighted by atomic mass is 16.9. The van der Waals surface area contributed by atoms with Crippen molar-refractivity contribution in [3.63, 3.8) is 0 Å². The van der Waals surface area contributed by atoms with Gasteiger partial charge >= 0.3 is 0 Å². The van der Waals surface area contributed by atoms with Crippen LogP contribution in [0.4, 0.5) is 0 Å². The molecule has 0 aromatic heterocycles. The average molecular weight is 170 g/mol. The van der Waals surface area contributed by atoms with Crippen molar-refractivity contribution in [2.24, 2.45) is 5.22 Å². The van der Waals surface area contributed by atoms with Gasteiger partial charge in [0.25, 0.3) is 0 Å². The van der Waals surface area contributed by atoms with Gasteiger partial charge in [-0.1, -0.05) is 0 Å². The topological polar surface area (TPSA) is 74.7 Å². The van der Waals surface area contributed by atoms with E-state index in [2.05, 4.69) is 10.1 Å². The molecule has 1 fully saturated rings. The Hall–Kier alpha value is -1.51. The van der Waals surface area contributed by atoms with Crippen LogP contribution in [-0.4, -0.2) is 29.7 Å². The summed E-state index contributed by atoms with van der Waals surface area (Å²) in [6, 6.07) is 1.68. The number of nitrogens with zero attached hydrogens (tertiary/aromatic N) is 4. The van der Waals surface area contributed by atoms with Gasteiger partial charge in [-0.15, -0.1) is 0 Å². The van der Waals surface area contributed by atoms with Crippen LogP contribution in [0.3, 0.4) is 0 Å². The third kappa shape index (κ3) is 2.62. The number of hydrogen-bond acceptors (Lipinski definition) is 4. The molecule has 0 atom stereocenters. The highest BCUT2D eigenvalue weighted by Gasteiger charge is 2.16. The summed E-state index contributed by atoms with van der Waals surface area (Å²) in [7, 11) is 0. The Labute approximate surface area is 70.2 Å². The van der Waals surface area contributed by atoms with Crippen molar-refractivity contribution in [3.05, 3.63) is 5.21 Å². The third-order valence-electron chi connectivity index (χ3n) is 1.52. The van der Waals surface area contributed by atoms with E-state index in [-0.39, 0.29) is 11.6 Å². The fourth-order valence-electron chi connectivity index (χ4n) is 1.00. The number of nitriles is 1. The van der Waals surface area contributed by atoms with Crippen molar-refractivity contribution < 1.29 is 9.86 Å². The van der Waals surface area contributed by atoms with E-state index in [1.54, 1.807) is 11.1 Å². The zero-order valence-corrected chi connectivity index (χ0v) is 6.64. The fraction of sp³-hybridized carbons (Fsp3) is 0.833. The molecule has 1 rings (SSSR count). The van der Waals surface area contributed by atoms with Gasteiger partial charge in [0, 0.05) is 0 Å². The highest BCUT2D eigenvalue weighted by molar-refractivity contribution is 4.64. The van der Waals surface area contributed by atoms with Gasteiger partial charge in [0.15, 0.2) is 0 Å². The normalized spacial score (nSPS) is 17.6. The lowest BCUT2D eigenvalue weighted by atomic mass is 10.4. The molecule has 0 N–H and O–H groups in total. The molecule has 0 saturated carbocycles. The Morgan fingerprint density at radius 3 is 2.83 bits per heavy atom. The number of rotatable bonds is 3.